The van der Waals surface area contributed by atoms with E-state index in [0.717, 1.165) is 31.2 Å². The normalized spacial score (nSPS) is 20.2. The number of amides is 2. The summed E-state index contributed by atoms with van der Waals surface area (Å²) in [5, 5.41) is 6.54. The first-order valence-electron chi connectivity index (χ1n) is 9.63. The summed E-state index contributed by atoms with van der Waals surface area (Å²) in [5.41, 5.74) is 1.73. The molecule has 1 saturated heterocycles. The minimum Gasteiger partial charge on any atom is -0.379 e. The standard InChI is InChI=1S/C22H23ClN2O3/c23-17-4-1-3-15(13-17)20(26)24-18-7-5-16(6-8-18)22(10-2-11-22)21(27)25-19-9-12-28-14-19/h1,3-8,13,19H,2,9-12,14H2,(H,24,26)(H,25,27)/t19-/m0/s1. The minimum atomic E-state index is -0.460. The maximum absolute atomic E-state index is 12.9. The molecular formula is C22H23ClN2O3. The van der Waals surface area contributed by atoms with E-state index >= 15 is 0 Å². The van der Waals surface area contributed by atoms with E-state index in [1.165, 1.54) is 0 Å². The van der Waals surface area contributed by atoms with Crippen molar-refractivity contribution in [3.8, 4) is 0 Å². The molecule has 0 spiro atoms. The van der Waals surface area contributed by atoms with Crippen LogP contribution in [0.2, 0.25) is 5.02 Å². The Morgan fingerprint density at radius 3 is 2.50 bits per heavy atom. The number of carbonyl (C=O) groups excluding carboxylic acids is 2. The number of hydrogen-bond acceptors (Lipinski definition) is 3. The van der Waals surface area contributed by atoms with Gasteiger partial charge < -0.3 is 15.4 Å². The summed E-state index contributed by atoms with van der Waals surface area (Å²) in [7, 11) is 0. The fraction of sp³-hybridized carbons (Fsp3) is 0.364. The molecule has 2 N–H and O–H groups in total. The maximum Gasteiger partial charge on any atom is 0.255 e. The Bertz CT molecular complexity index is 872. The third-order valence-electron chi connectivity index (χ3n) is 5.69. The molecule has 0 unspecified atom stereocenters. The predicted octanol–water partition coefficient (Wildman–Crippen LogP) is 3.92. The van der Waals surface area contributed by atoms with E-state index in [1.54, 1.807) is 24.3 Å². The van der Waals surface area contributed by atoms with Gasteiger partial charge in [-0.2, -0.15) is 0 Å². The monoisotopic (exact) mass is 398 g/mol. The highest BCUT2D eigenvalue weighted by Gasteiger charge is 2.46. The molecule has 1 atom stereocenters. The number of rotatable bonds is 5. The molecule has 0 bridgehead atoms. The van der Waals surface area contributed by atoms with Crippen LogP contribution in [0, 0.1) is 0 Å². The number of halogens is 1. The van der Waals surface area contributed by atoms with E-state index in [9.17, 15) is 9.59 Å². The quantitative estimate of drug-likeness (QED) is 0.802. The molecule has 4 rings (SSSR count). The zero-order chi connectivity index (χ0) is 19.6. The van der Waals surface area contributed by atoms with Gasteiger partial charge >= 0.3 is 0 Å². The summed E-state index contributed by atoms with van der Waals surface area (Å²) < 4.78 is 5.36. The van der Waals surface area contributed by atoms with Crippen LogP contribution in [0.5, 0.6) is 0 Å². The van der Waals surface area contributed by atoms with Crippen LogP contribution in [0.15, 0.2) is 48.5 Å². The second kappa shape index (κ2) is 7.94. The van der Waals surface area contributed by atoms with E-state index in [0.29, 0.717) is 29.5 Å². The van der Waals surface area contributed by atoms with Gasteiger partial charge in [0.2, 0.25) is 5.91 Å². The Kier molecular flexibility index (Phi) is 5.38. The SMILES string of the molecule is O=C(Nc1ccc(C2(C(=O)N[C@H]3CCOC3)CCC2)cc1)c1cccc(Cl)c1. The van der Waals surface area contributed by atoms with Gasteiger partial charge in [0.25, 0.3) is 5.91 Å². The Labute approximate surface area is 169 Å². The van der Waals surface area contributed by atoms with Gasteiger partial charge in [-0.05, 0) is 55.2 Å². The van der Waals surface area contributed by atoms with E-state index in [1.807, 2.05) is 24.3 Å². The maximum atomic E-state index is 12.9. The van der Waals surface area contributed by atoms with Crippen LogP contribution in [-0.4, -0.2) is 31.1 Å². The van der Waals surface area contributed by atoms with Gasteiger partial charge in [0, 0.05) is 22.9 Å². The van der Waals surface area contributed by atoms with Crippen molar-refractivity contribution in [1.29, 1.82) is 0 Å². The van der Waals surface area contributed by atoms with Crippen LogP contribution >= 0.6 is 11.6 Å². The molecule has 2 aromatic carbocycles. The fourth-order valence-electron chi connectivity index (χ4n) is 3.85. The average molecular weight is 399 g/mol. The number of anilines is 1. The van der Waals surface area contributed by atoms with E-state index in [-0.39, 0.29) is 17.9 Å². The van der Waals surface area contributed by atoms with E-state index in [4.69, 9.17) is 16.3 Å². The summed E-state index contributed by atoms with van der Waals surface area (Å²) in [5.74, 6) is -0.127. The average Bonchev–Trinajstić information content (AvgIpc) is 3.15. The van der Waals surface area contributed by atoms with Crippen LogP contribution in [0.3, 0.4) is 0 Å². The molecule has 146 valence electrons. The largest absolute Gasteiger partial charge is 0.379 e. The molecule has 5 nitrogen and oxygen atoms in total. The van der Waals surface area contributed by atoms with Gasteiger partial charge in [0.1, 0.15) is 0 Å². The van der Waals surface area contributed by atoms with Crippen LogP contribution in [0.25, 0.3) is 0 Å². The van der Waals surface area contributed by atoms with Crippen LogP contribution in [-0.2, 0) is 14.9 Å². The molecule has 2 amide bonds. The molecule has 2 fully saturated rings. The molecule has 28 heavy (non-hydrogen) atoms. The van der Waals surface area contributed by atoms with Crippen molar-refractivity contribution in [2.24, 2.45) is 0 Å². The topological polar surface area (TPSA) is 67.4 Å². The molecule has 6 heteroatoms. The molecule has 1 aliphatic carbocycles. The molecule has 1 saturated carbocycles. The van der Waals surface area contributed by atoms with Gasteiger partial charge in [0.05, 0.1) is 18.1 Å². The molecule has 2 aromatic rings. The number of benzene rings is 2. The van der Waals surface area contributed by atoms with E-state index in [2.05, 4.69) is 10.6 Å². The highest BCUT2D eigenvalue weighted by molar-refractivity contribution is 6.31. The molecule has 0 aromatic heterocycles. The third kappa shape index (κ3) is 3.77. The van der Waals surface area contributed by atoms with Gasteiger partial charge in [0.15, 0.2) is 0 Å². The summed E-state index contributed by atoms with van der Waals surface area (Å²) in [6, 6.07) is 14.5. The third-order valence-corrected chi connectivity index (χ3v) is 5.92. The van der Waals surface area contributed by atoms with Crippen molar-refractivity contribution in [1.82, 2.24) is 5.32 Å². The van der Waals surface area contributed by atoms with Gasteiger partial charge in [-0.1, -0.05) is 36.2 Å². The summed E-state index contributed by atoms with van der Waals surface area (Å²) in [6.45, 7) is 1.30. The lowest BCUT2D eigenvalue weighted by atomic mass is 9.63. The molecule has 1 aliphatic heterocycles. The second-order valence-electron chi connectivity index (χ2n) is 7.51. The number of ether oxygens (including phenoxy) is 1. The van der Waals surface area contributed by atoms with Crippen LogP contribution in [0.1, 0.15) is 41.6 Å². The van der Waals surface area contributed by atoms with Crippen LogP contribution in [0.4, 0.5) is 5.69 Å². The highest BCUT2D eigenvalue weighted by atomic mass is 35.5. The second-order valence-corrected chi connectivity index (χ2v) is 7.95. The Morgan fingerprint density at radius 2 is 1.89 bits per heavy atom. The Balaban J connectivity index is 1.45. The first kappa shape index (κ1) is 19.0. The lowest BCUT2D eigenvalue weighted by Crippen LogP contribution is -2.52. The smallest absolute Gasteiger partial charge is 0.255 e. The summed E-state index contributed by atoms with van der Waals surface area (Å²) >= 11 is 5.95. The van der Waals surface area contributed by atoms with Gasteiger partial charge in [-0.3, -0.25) is 9.59 Å². The van der Waals surface area contributed by atoms with Crippen molar-refractivity contribution in [3.63, 3.8) is 0 Å². The highest BCUT2D eigenvalue weighted by Crippen LogP contribution is 2.44. The predicted molar refractivity (Wildman–Crippen MR) is 109 cm³/mol. The zero-order valence-corrected chi connectivity index (χ0v) is 16.3. The Morgan fingerprint density at radius 1 is 1.11 bits per heavy atom. The molecule has 2 aliphatic rings. The first-order chi connectivity index (χ1) is 13.6. The van der Waals surface area contributed by atoms with Crippen molar-refractivity contribution in [3.05, 3.63) is 64.7 Å². The van der Waals surface area contributed by atoms with Crippen molar-refractivity contribution in [2.45, 2.75) is 37.1 Å². The van der Waals surface area contributed by atoms with Gasteiger partial charge in [-0.15, -0.1) is 0 Å². The summed E-state index contributed by atoms with van der Waals surface area (Å²) in [4.78, 5) is 25.3. The number of nitrogens with one attached hydrogen (secondary N) is 2. The molecular weight excluding hydrogens is 376 g/mol. The number of carbonyl (C=O) groups is 2. The Hall–Kier alpha value is -2.37. The van der Waals surface area contributed by atoms with E-state index < -0.39 is 5.41 Å². The lowest BCUT2D eigenvalue weighted by molar-refractivity contribution is -0.130. The van der Waals surface area contributed by atoms with Crippen molar-refractivity contribution in [2.75, 3.05) is 18.5 Å². The fourth-order valence-corrected chi connectivity index (χ4v) is 4.04. The minimum absolute atomic E-state index is 0.0879. The van der Waals surface area contributed by atoms with Crippen LogP contribution < -0.4 is 10.6 Å². The van der Waals surface area contributed by atoms with Crippen molar-refractivity contribution >= 4 is 29.1 Å². The molecule has 1 heterocycles. The molecule has 0 radical (unpaired) electrons. The summed E-state index contributed by atoms with van der Waals surface area (Å²) in [6.07, 6.45) is 3.61. The first-order valence-corrected chi connectivity index (χ1v) is 10.0. The van der Waals surface area contributed by atoms with Crippen molar-refractivity contribution < 1.29 is 14.3 Å². The van der Waals surface area contributed by atoms with Gasteiger partial charge in [-0.25, -0.2) is 0 Å². The lowest BCUT2D eigenvalue weighted by Gasteiger charge is -2.41. The number of hydrogen-bond donors (Lipinski definition) is 2. The zero-order valence-electron chi connectivity index (χ0n) is 15.5.